The summed E-state index contributed by atoms with van der Waals surface area (Å²) in [5.41, 5.74) is 5.61. The normalized spacial score (nSPS) is 32.4. The third-order valence-electron chi connectivity index (χ3n) is 3.96. The van der Waals surface area contributed by atoms with Crippen molar-refractivity contribution in [2.24, 2.45) is 5.73 Å². The summed E-state index contributed by atoms with van der Waals surface area (Å²) in [6.45, 7) is 8.01. The Morgan fingerprint density at radius 3 is 2.58 bits per heavy atom. The maximum Gasteiger partial charge on any atom is 0.317 e. The average Bonchev–Trinajstić information content (AvgIpc) is 2.32. The number of carbonyl (C=O) groups is 1. The first-order chi connectivity index (χ1) is 8.80. The van der Waals surface area contributed by atoms with E-state index in [2.05, 4.69) is 5.32 Å². The highest BCUT2D eigenvalue weighted by Crippen LogP contribution is 2.34. The van der Waals surface area contributed by atoms with E-state index >= 15 is 0 Å². The van der Waals surface area contributed by atoms with Gasteiger partial charge in [-0.1, -0.05) is 0 Å². The van der Waals surface area contributed by atoms with Gasteiger partial charge >= 0.3 is 6.03 Å². The van der Waals surface area contributed by atoms with Crippen LogP contribution in [0.5, 0.6) is 0 Å². The monoisotopic (exact) mass is 269 g/mol. The van der Waals surface area contributed by atoms with Gasteiger partial charge in [-0.15, -0.1) is 0 Å². The molecule has 1 aliphatic carbocycles. The number of amides is 2. The molecule has 2 fully saturated rings. The molecule has 0 aromatic heterocycles. The van der Waals surface area contributed by atoms with Gasteiger partial charge in [0.25, 0.3) is 0 Å². The molecule has 0 atom stereocenters. The van der Waals surface area contributed by atoms with Gasteiger partial charge in [0.15, 0.2) is 0 Å². The molecule has 5 nitrogen and oxygen atoms in total. The first-order valence-electron chi connectivity index (χ1n) is 7.26. The van der Waals surface area contributed by atoms with E-state index in [-0.39, 0.29) is 17.2 Å². The number of hydrogen-bond donors (Lipinski definition) is 2. The summed E-state index contributed by atoms with van der Waals surface area (Å²) in [5, 5.41) is 3.03. The minimum Gasteiger partial charge on any atom is -0.371 e. The van der Waals surface area contributed by atoms with E-state index in [1.54, 1.807) is 0 Å². The number of nitrogens with one attached hydrogen (secondary N) is 1. The first-order valence-corrected chi connectivity index (χ1v) is 7.26. The highest BCUT2D eigenvalue weighted by Gasteiger charge is 2.41. The van der Waals surface area contributed by atoms with E-state index in [0.29, 0.717) is 25.7 Å². The van der Waals surface area contributed by atoms with Crippen molar-refractivity contribution in [2.75, 3.05) is 19.7 Å². The topological polar surface area (TPSA) is 67.6 Å². The zero-order chi connectivity index (χ0) is 14.1. The van der Waals surface area contributed by atoms with Gasteiger partial charge in [-0.2, -0.15) is 0 Å². The molecule has 0 radical (unpaired) electrons. The lowest BCUT2D eigenvalue weighted by Gasteiger charge is -2.46. The fourth-order valence-electron chi connectivity index (χ4n) is 2.89. The second kappa shape index (κ2) is 5.29. The van der Waals surface area contributed by atoms with Crippen LogP contribution in [0.15, 0.2) is 0 Å². The second-order valence-corrected chi connectivity index (χ2v) is 6.97. The van der Waals surface area contributed by atoms with Gasteiger partial charge in [0.05, 0.1) is 18.8 Å². The van der Waals surface area contributed by atoms with Gasteiger partial charge in [0.2, 0.25) is 0 Å². The number of nitrogens with zero attached hydrogens (tertiary/aromatic N) is 1. The van der Waals surface area contributed by atoms with Gasteiger partial charge < -0.3 is 20.7 Å². The fourth-order valence-corrected chi connectivity index (χ4v) is 2.89. The Morgan fingerprint density at radius 2 is 2.00 bits per heavy atom. The molecular formula is C14H27N3O2. The summed E-state index contributed by atoms with van der Waals surface area (Å²) < 4.78 is 5.99. The van der Waals surface area contributed by atoms with Crippen molar-refractivity contribution >= 4 is 6.03 Å². The predicted octanol–water partition coefficient (Wildman–Crippen LogP) is 1.47. The number of nitrogens with two attached hydrogens (primary N) is 1. The highest BCUT2D eigenvalue weighted by molar-refractivity contribution is 5.75. The Labute approximate surface area is 115 Å². The lowest BCUT2D eigenvalue weighted by molar-refractivity contribution is -0.118. The SMILES string of the molecule is CC(C)(C)NC(=O)N1CCOC2(CCC(N)CC2)C1. The summed E-state index contributed by atoms with van der Waals surface area (Å²) in [7, 11) is 0. The average molecular weight is 269 g/mol. The van der Waals surface area contributed by atoms with Crippen LogP contribution in [0.3, 0.4) is 0 Å². The fraction of sp³-hybridized carbons (Fsp3) is 0.929. The molecule has 19 heavy (non-hydrogen) atoms. The van der Waals surface area contributed by atoms with Crippen LogP contribution in [0.25, 0.3) is 0 Å². The molecule has 2 aliphatic rings. The minimum absolute atomic E-state index is 0.0186. The number of urea groups is 1. The summed E-state index contributed by atoms with van der Waals surface area (Å²) in [6.07, 6.45) is 3.92. The molecule has 1 saturated heterocycles. The second-order valence-electron chi connectivity index (χ2n) is 6.97. The van der Waals surface area contributed by atoms with Crippen LogP contribution in [0.1, 0.15) is 46.5 Å². The maximum absolute atomic E-state index is 12.2. The molecule has 0 unspecified atom stereocenters. The third kappa shape index (κ3) is 3.83. The van der Waals surface area contributed by atoms with Gasteiger partial charge in [-0.25, -0.2) is 4.79 Å². The Kier molecular flexibility index (Phi) is 4.06. The van der Waals surface area contributed by atoms with Crippen LogP contribution in [0.2, 0.25) is 0 Å². The highest BCUT2D eigenvalue weighted by atomic mass is 16.5. The Bertz CT molecular complexity index is 330. The van der Waals surface area contributed by atoms with E-state index in [9.17, 15) is 4.79 Å². The van der Waals surface area contributed by atoms with Gasteiger partial charge in [-0.05, 0) is 46.5 Å². The molecule has 1 heterocycles. The van der Waals surface area contributed by atoms with Crippen molar-refractivity contribution in [3.63, 3.8) is 0 Å². The number of carbonyl (C=O) groups excluding carboxylic acids is 1. The van der Waals surface area contributed by atoms with Crippen molar-refractivity contribution in [2.45, 2.75) is 63.6 Å². The molecule has 1 spiro atoms. The minimum atomic E-state index is -0.197. The predicted molar refractivity (Wildman–Crippen MR) is 75.0 cm³/mol. The smallest absolute Gasteiger partial charge is 0.317 e. The Morgan fingerprint density at radius 1 is 1.37 bits per heavy atom. The van der Waals surface area contributed by atoms with Crippen molar-refractivity contribution in [3.8, 4) is 0 Å². The standard InChI is InChI=1S/C14H27N3O2/c1-13(2,3)16-12(18)17-8-9-19-14(10-17)6-4-11(15)5-7-14/h11H,4-10,15H2,1-3H3,(H,16,18). The molecule has 0 aromatic rings. The van der Waals surface area contributed by atoms with Gasteiger partial charge in [0, 0.05) is 18.1 Å². The molecule has 2 amide bonds. The number of rotatable bonds is 0. The van der Waals surface area contributed by atoms with Crippen LogP contribution in [0.4, 0.5) is 4.79 Å². The van der Waals surface area contributed by atoms with Crippen molar-refractivity contribution in [1.29, 1.82) is 0 Å². The molecule has 3 N–H and O–H groups in total. The summed E-state index contributed by atoms with van der Waals surface area (Å²) >= 11 is 0. The van der Waals surface area contributed by atoms with E-state index in [1.165, 1.54) is 0 Å². The van der Waals surface area contributed by atoms with Crippen LogP contribution in [-0.4, -0.2) is 47.8 Å². The number of ether oxygens (including phenoxy) is 1. The zero-order valence-electron chi connectivity index (χ0n) is 12.4. The van der Waals surface area contributed by atoms with Crippen LogP contribution in [-0.2, 0) is 4.74 Å². The Balaban J connectivity index is 1.95. The summed E-state index contributed by atoms with van der Waals surface area (Å²) in [4.78, 5) is 14.1. The van der Waals surface area contributed by atoms with Crippen LogP contribution < -0.4 is 11.1 Å². The van der Waals surface area contributed by atoms with Crippen molar-refractivity contribution in [1.82, 2.24) is 10.2 Å². The summed E-state index contributed by atoms with van der Waals surface area (Å²) in [6, 6.07) is 0.318. The number of hydrogen-bond acceptors (Lipinski definition) is 3. The third-order valence-corrected chi connectivity index (χ3v) is 3.96. The van der Waals surface area contributed by atoms with E-state index in [4.69, 9.17) is 10.5 Å². The quantitative estimate of drug-likeness (QED) is 0.699. The molecular weight excluding hydrogens is 242 g/mol. The van der Waals surface area contributed by atoms with Crippen molar-refractivity contribution < 1.29 is 9.53 Å². The molecule has 2 rings (SSSR count). The molecule has 1 saturated carbocycles. The van der Waals surface area contributed by atoms with Gasteiger partial charge in [-0.3, -0.25) is 0 Å². The molecule has 0 aromatic carbocycles. The van der Waals surface area contributed by atoms with Crippen LogP contribution in [0, 0.1) is 0 Å². The molecule has 1 aliphatic heterocycles. The Hall–Kier alpha value is -0.810. The van der Waals surface area contributed by atoms with Crippen molar-refractivity contribution in [3.05, 3.63) is 0 Å². The number of morpholine rings is 1. The lowest BCUT2D eigenvalue weighted by atomic mass is 9.81. The zero-order valence-corrected chi connectivity index (χ0v) is 12.4. The van der Waals surface area contributed by atoms with E-state index < -0.39 is 0 Å². The van der Waals surface area contributed by atoms with Crippen LogP contribution >= 0.6 is 0 Å². The molecule has 5 heteroatoms. The van der Waals surface area contributed by atoms with E-state index in [1.807, 2.05) is 25.7 Å². The van der Waals surface area contributed by atoms with E-state index in [0.717, 1.165) is 25.7 Å². The molecule has 0 bridgehead atoms. The van der Waals surface area contributed by atoms with Gasteiger partial charge in [0.1, 0.15) is 0 Å². The largest absolute Gasteiger partial charge is 0.371 e. The first kappa shape index (κ1) is 14.6. The maximum atomic E-state index is 12.2. The summed E-state index contributed by atoms with van der Waals surface area (Å²) in [5.74, 6) is 0. The lowest BCUT2D eigenvalue weighted by Crippen LogP contribution is -2.59. The molecule has 110 valence electrons.